The van der Waals surface area contributed by atoms with Crippen LogP contribution in [0.4, 0.5) is 0 Å². The molecule has 0 N–H and O–H groups in total. The number of ether oxygens (including phenoxy) is 1. The predicted octanol–water partition coefficient (Wildman–Crippen LogP) is 4.51. The highest BCUT2D eigenvalue weighted by atomic mass is 79.9. The highest BCUT2D eigenvalue weighted by Gasteiger charge is 2.16. The van der Waals surface area contributed by atoms with E-state index in [1.807, 2.05) is 56.3 Å². The van der Waals surface area contributed by atoms with Crippen LogP contribution in [0.3, 0.4) is 0 Å². The van der Waals surface area contributed by atoms with Gasteiger partial charge in [0.2, 0.25) is 0 Å². The third kappa shape index (κ3) is 4.10. The molecule has 0 fully saturated rings. The second-order valence-electron chi connectivity index (χ2n) is 4.89. The third-order valence-electron chi connectivity index (χ3n) is 3.47. The van der Waals surface area contributed by atoms with Crippen LogP contribution in [0.1, 0.15) is 29.8 Å². The Labute approximate surface area is 140 Å². The number of carbonyl (C=O) groups is 1. The summed E-state index contributed by atoms with van der Waals surface area (Å²) in [5, 5.41) is 0. The minimum atomic E-state index is 0.0158. The van der Waals surface area contributed by atoms with Gasteiger partial charge in [-0.2, -0.15) is 0 Å². The molecule has 2 aromatic carbocycles. The molecule has 0 saturated carbocycles. The first kappa shape index (κ1) is 16.6. The van der Waals surface area contributed by atoms with Crippen molar-refractivity contribution in [1.29, 1.82) is 0 Å². The lowest BCUT2D eigenvalue weighted by atomic mass is 10.2. The Bertz CT molecular complexity index is 624. The van der Waals surface area contributed by atoms with E-state index in [1.165, 1.54) is 0 Å². The van der Waals surface area contributed by atoms with Gasteiger partial charge in [0.1, 0.15) is 12.4 Å². The highest BCUT2D eigenvalue weighted by Crippen LogP contribution is 2.24. The van der Waals surface area contributed by atoms with E-state index in [-0.39, 0.29) is 5.91 Å². The number of hydrogen-bond acceptors (Lipinski definition) is 2. The summed E-state index contributed by atoms with van der Waals surface area (Å²) in [6.07, 6.45) is 0. The second kappa shape index (κ2) is 7.99. The van der Waals surface area contributed by atoms with Crippen molar-refractivity contribution < 1.29 is 9.53 Å². The zero-order valence-electron chi connectivity index (χ0n) is 12.9. The summed E-state index contributed by atoms with van der Waals surface area (Å²) < 4.78 is 6.58. The van der Waals surface area contributed by atoms with Crippen LogP contribution >= 0.6 is 15.9 Å². The van der Waals surface area contributed by atoms with Crippen LogP contribution in [0.2, 0.25) is 0 Å². The Morgan fingerprint density at radius 2 is 1.77 bits per heavy atom. The maximum atomic E-state index is 12.5. The summed E-state index contributed by atoms with van der Waals surface area (Å²) in [4.78, 5) is 14.3. The van der Waals surface area contributed by atoms with Crippen LogP contribution in [0.25, 0.3) is 0 Å². The summed E-state index contributed by atoms with van der Waals surface area (Å²) in [5.74, 6) is 0.713. The molecule has 0 radical (unpaired) electrons. The number of hydrogen-bond donors (Lipinski definition) is 0. The molecule has 4 heteroatoms. The molecule has 0 aromatic heterocycles. The van der Waals surface area contributed by atoms with E-state index in [2.05, 4.69) is 15.9 Å². The molecule has 0 atom stereocenters. The molecule has 22 heavy (non-hydrogen) atoms. The number of amides is 1. The molecular weight excluding hydrogens is 342 g/mol. The fourth-order valence-corrected chi connectivity index (χ4v) is 2.60. The van der Waals surface area contributed by atoms with Crippen LogP contribution in [0, 0.1) is 0 Å². The summed E-state index contributed by atoms with van der Waals surface area (Å²) in [5.41, 5.74) is 1.73. The number of nitrogens with zero attached hydrogens (tertiary/aromatic N) is 1. The molecule has 0 saturated heterocycles. The van der Waals surface area contributed by atoms with E-state index in [0.717, 1.165) is 10.0 Å². The average Bonchev–Trinajstić information content (AvgIpc) is 2.56. The summed E-state index contributed by atoms with van der Waals surface area (Å²) in [6, 6.07) is 15.5. The molecule has 0 spiro atoms. The van der Waals surface area contributed by atoms with Crippen LogP contribution < -0.4 is 4.74 Å². The minimum absolute atomic E-state index is 0.0158. The standard InChI is InChI=1S/C18H20BrNO2/c1-3-20(4-2)18(21)16-12-15(10-11-17(16)19)22-13-14-8-6-5-7-9-14/h5-12H,3-4,13H2,1-2H3. The molecule has 1 amide bonds. The Balaban J connectivity index is 2.14. The Kier molecular flexibility index (Phi) is 6.01. The van der Waals surface area contributed by atoms with Crippen molar-refractivity contribution in [3.05, 3.63) is 64.1 Å². The molecule has 116 valence electrons. The fourth-order valence-electron chi connectivity index (χ4n) is 2.18. The van der Waals surface area contributed by atoms with Gasteiger partial charge in [0.05, 0.1) is 5.56 Å². The van der Waals surface area contributed by atoms with Gasteiger partial charge in [-0.25, -0.2) is 0 Å². The second-order valence-corrected chi connectivity index (χ2v) is 5.75. The lowest BCUT2D eigenvalue weighted by Crippen LogP contribution is -2.30. The number of benzene rings is 2. The van der Waals surface area contributed by atoms with Crippen LogP contribution in [-0.2, 0) is 6.61 Å². The maximum Gasteiger partial charge on any atom is 0.255 e. The molecule has 0 unspecified atom stereocenters. The zero-order valence-corrected chi connectivity index (χ0v) is 14.5. The van der Waals surface area contributed by atoms with Crippen LogP contribution in [0.5, 0.6) is 5.75 Å². The first-order valence-corrected chi connectivity index (χ1v) is 8.20. The maximum absolute atomic E-state index is 12.5. The van der Waals surface area contributed by atoms with Crippen LogP contribution in [0.15, 0.2) is 53.0 Å². The van der Waals surface area contributed by atoms with Crippen molar-refractivity contribution in [3.63, 3.8) is 0 Å². The molecule has 2 rings (SSSR count). The van der Waals surface area contributed by atoms with E-state index in [4.69, 9.17) is 4.74 Å². The van der Waals surface area contributed by atoms with Gasteiger partial charge in [0, 0.05) is 17.6 Å². The fraction of sp³-hybridized carbons (Fsp3) is 0.278. The SMILES string of the molecule is CCN(CC)C(=O)c1cc(OCc2ccccc2)ccc1Br. The smallest absolute Gasteiger partial charge is 0.255 e. The lowest BCUT2D eigenvalue weighted by molar-refractivity contribution is 0.0771. The Hall–Kier alpha value is -1.81. The van der Waals surface area contributed by atoms with E-state index in [0.29, 0.717) is 31.0 Å². The zero-order chi connectivity index (χ0) is 15.9. The summed E-state index contributed by atoms with van der Waals surface area (Å²) in [6.45, 7) is 5.82. The van der Waals surface area contributed by atoms with Crippen LogP contribution in [-0.4, -0.2) is 23.9 Å². The monoisotopic (exact) mass is 361 g/mol. The van der Waals surface area contributed by atoms with Gasteiger partial charge < -0.3 is 9.64 Å². The van der Waals surface area contributed by atoms with Crippen molar-refractivity contribution >= 4 is 21.8 Å². The number of carbonyl (C=O) groups excluding carboxylic acids is 1. The largest absolute Gasteiger partial charge is 0.489 e. The molecule has 0 aliphatic heterocycles. The van der Waals surface area contributed by atoms with Crippen molar-refractivity contribution in [1.82, 2.24) is 4.90 Å². The van der Waals surface area contributed by atoms with Crippen molar-refractivity contribution in [2.75, 3.05) is 13.1 Å². The summed E-state index contributed by atoms with van der Waals surface area (Å²) in [7, 11) is 0. The highest BCUT2D eigenvalue weighted by molar-refractivity contribution is 9.10. The first-order chi connectivity index (χ1) is 10.7. The van der Waals surface area contributed by atoms with Gasteiger partial charge in [-0.3, -0.25) is 4.79 Å². The van der Waals surface area contributed by atoms with E-state index < -0.39 is 0 Å². The normalized spacial score (nSPS) is 10.3. The van der Waals surface area contributed by atoms with Gasteiger partial charge in [-0.15, -0.1) is 0 Å². The topological polar surface area (TPSA) is 29.5 Å². The average molecular weight is 362 g/mol. The predicted molar refractivity (Wildman–Crippen MR) is 92.2 cm³/mol. The van der Waals surface area contributed by atoms with Gasteiger partial charge in [0.15, 0.2) is 0 Å². The molecule has 0 heterocycles. The molecule has 3 nitrogen and oxygen atoms in total. The number of rotatable bonds is 6. The van der Waals surface area contributed by atoms with Gasteiger partial charge in [0.25, 0.3) is 5.91 Å². The minimum Gasteiger partial charge on any atom is -0.489 e. The molecule has 0 aliphatic rings. The molecule has 0 aliphatic carbocycles. The Morgan fingerprint density at radius 1 is 1.09 bits per heavy atom. The number of halogens is 1. The van der Waals surface area contributed by atoms with Crippen molar-refractivity contribution in [2.24, 2.45) is 0 Å². The summed E-state index contributed by atoms with van der Waals surface area (Å²) >= 11 is 3.45. The molecule has 2 aromatic rings. The van der Waals surface area contributed by atoms with E-state index in [9.17, 15) is 4.79 Å². The molecule has 0 bridgehead atoms. The Morgan fingerprint density at radius 3 is 2.41 bits per heavy atom. The quantitative estimate of drug-likeness (QED) is 0.757. The lowest BCUT2D eigenvalue weighted by Gasteiger charge is -2.19. The molecular formula is C18H20BrNO2. The third-order valence-corrected chi connectivity index (χ3v) is 4.16. The van der Waals surface area contributed by atoms with E-state index in [1.54, 1.807) is 11.0 Å². The van der Waals surface area contributed by atoms with Gasteiger partial charge in [-0.1, -0.05) is 30.3 Å². The van der Waals surface area contributed by atoms with Gasteiger partial charge in [-0.05, 0) is 53.5 Å². The van der Waals surface area contributed by atoms with Crippen molar-refractivity contribution in [2.45, 2.75) is 20.5 Å². The van der Waals surface area contributed by atoms with Crippen molar-refractivity contribution in [3.8, 4) is 5.75 Å². The first-order valence-electron chi connectivity index (χ1n) is 7.41. The van der Waals surface area contributed by atoms with Gasteiger partial charge >= 0.3 is 0 Å². The van der Waals surface area contributed by atoms with E-state index >= 15 is 0 Å².